The number of hydrogen-bond donors (Lipinski definition) is 2. The molecule has 1 unspecified atom stereocenters. The van der Waals surface area contributed by atoms with Crippen LogP contribution in [0.25, 0.3) is 0 Å². The van der Waals surface area contributed by atoms with E-state index in [1.54, 1.807) is 33.7 Å². The summed E-state index contributed by atoms with van der Waals surface area (Å²) >= 11 is 0. The van der Waals surface area contributed by atoms with Gasteiger partial charge in [0.2, 0.25) is 5.91 Å². The lowest BCUT2D eigenvalue weighted by Gasteiger charge is -2.22. The highest BCUT2D eigenvalue weighted by Gasteiger charge is 2.18. The first-order chi connectivity index (χ1) is 21.5. The number of rotatable bonds is 24. The molecule has 0 aliphatic carbocycles. The van der Waals surface area contributed by atoms with Crippen molar-refractivity contribution in [3.8, 4) is 17.6 Å². The van der Waals surface area contributed by atoms with E-state index in [-0.39, 0.29) is 22.0 Å². The van der Waals surface area contributed by atoms with Crippen LogP contribution in [0.4, 0.5) is 0 Å². The van der Waals surface area contributed by atoms with Crippen LogP contribution in [0.2, 0.25) is 0 Å². The van der Waals surface area contributed by atoms with Crippen LogP contribution in [0, 0.1) is 23.7 Å². The fraction of sp³-hybridized carbons (Fsp3) is 0.706. The van der Waals surface area contributed by atoms with Crippen molar-refractivity contribution < 1.29 is 33.3 Å². The van der Waals surface area contributed by atoms with E-state index in [4.69, 9.17) is 23.7 Å². The molecule has 0 saturated carbocycles. The Labute approximate surface area is 279 Å². The summed E-state index contributed by atoms with van der Waals surface area (Å²) in [7, 11) is 3.36. The van der Waals surface area contributed by atoms with Gasteiger partial charge in [-0.25, -0.2) is 0 Å². The van der Waals surface area contributed by atoms with Gasteiger partial charge in [0.05, 0.1) is 33.0 Å². The van der Waals surface area contributed by atoms with Gasteiger partial charge in [-0.05, 0) is 37.0 Å². The van der Waals surface area contributed by atoms with Crippen molar-refractivity contribution in [2.45, 2.75) is 77.9 Å². The number of nitrogens with one attached hydrogen (secondary N) is 2. The molecule has 1 aromatic carbocycles. The maximum absolute atomic E-state index is 12.5. The van der Waals surface area contributed by atoms with Crippen LogP contribution in [0.1, 0.15) is 78.1 Å². The summed E-state index contributed by atoms with van der Waals surface area (Å²) < 4.78 is 28.8. The second-order valence-electron chi connectivity index (χ2n) is 12.1. The van der Waals surface area contributed by atoms with Crippen LogP contribution in [-0.2, 0) is 23.7 Å². The number of carbonyl (C=O) groups is 2. The molecule has 0 fully saturated rings. The molecular formula is C34H56N2O7S2. The van der Waals surface area contributed by atoms with E-state index < -0.39 is 0 Å². The third-order valence-corrected chi connectivity index (χ3v) is 9.14. The topological polar surface area (TPSA) is 104 Å². The summed E-state index contributed by atoms with van der Waals surface area (Å²) in [5.74, 6) is 7.36. The molecule has 0 bridgehead atoms. The van der Waals surface area contributed by atoms with Crippen molar-refractivity contribution >= 4 is 33.4 Å². The summed E-state index contributed by atoms with van der Waals surface area (Å²) in [5, 5.41) is 5.80. The van der Waals surface area contributed by atoms with E-state index >= 15 is 0 Å². The second kappa shape index (κ2) is 25.2. The molecule has 45 heavy (non-hydrogen) atoms. The van der Waals surface area contributed by atoms with Crippen molar-refractivity contribution in [2.75, 3.05) is 65.9 Å². The number of amides is 2. The van der Waals surface area contributed by atoms with Gasteiger partial charge in [0, 0.05) is 42.3 Å². The van der Waals surface area contributed by atoms with Gasteiger partial charge in [-0.2, -0.15) is 0 Å². The normalized spacial score (nSPS) is 12.1. The lowest BCUT2D eigenvalue weighted by Crippen LogP contribution is -2.27. The highest BCUT2D eigenvalue weighted by Crippen LogP contribution is 2.38. The summed E-state index contributed by atoms with van der Waals surface area (Å²) in [6, 6.07) is 7.23. The van der Waals surface area contributed by atoms with Gasteiger partial charge < -0.3 is 34.3 Å². The van der Waals surface area contributed by atoms with Crippen LogP contribution in [0.5, 0.6) is 5.75 Å². The summed E-state index contributed by atoms with van der Waals surface area (Å²) in [6.45, 7) is 19.3. The van der Waals surface area contributed by atoms with E-state index in [9.17, 15) is 9.59 Å². The predicted octanol–water partition coefficient (Wildman–Crippen LogP) is 5.97. The van der Waals surface area contributed by atoms with Crippen molar-refractivity contribution in [3.05, 3.63) is 29.8 Å². The van der Waals surface area contributed by atoms with E-state index in [0.29, 0.717) is 102 Å². The Bertz CT molecular complexity index is 1010. The first kappa shape index (κ1) is 41.1. The largest absolute Gasteiger partial charge is 0.490 e. The molecule has 9 nitrogen and oxygen atoms in total. The molecule has 2 amide bonds. The van der Waals surface area contributed by atoms with Crippen LogP contribution in [0.3, 0.4) is 0 Å². The van der Waals surface area contributed by atoms with Crippen molar-refractivity contribution in [2.24, 2.45) is 11.8 Å². The maximum Gasteiger partial charge on any atom is 0.251 e. The fourth-order valence-electron chi connectivity index (χ4n) is 3.38. The summed E-state index contributed by atoms with van der Waals surface area (Å²) in [6.07, 6.45) is 1.99. The monoisotopic (exact) mass is 668 g/mol. The Morgan fingerprint density at radius 2 is 1.64 bits per heavy atom. The van der Waals surface area contributed by atoms with Crippen molar-refractivity contribution in [3.63, 3.8) is 0 Å². The Morgan fingerprint density at radius 1 is 0.911 bits per heavy atom. The molecule has 0 saturated heterocycles. The third-order valence-electron chi connectivity index (χ3n) is 5.62. The van der Waals surface area contributed by atoms with Gasteiger partial charge in [-0.15, -0.1) is 0 Å². The first-order valence-electron chi connectivity index (χ1n) is 15.9. The zero-order valence-corrected chi connectivity index (χ0v) is 30.0. The van der Waals surface area contributed by atoms with Gasteiger partial charge in [0.25, 0.3) is 5.91 Å². The number of hydrogen-bond acceptors (Lipinski definition) is 9. The summed E-state index contributed by atoms with van der Waals surface area (Å²) in [5.41, 5.74) is 0.364. The molecule has 1 rings (SSSR count). The summed E-state index contributed by atoms with van der Waals surface area (Å²) in [4.78, 5) is 24.4. The molecule has 0 aliphatic heterocycles. The molecule has 11 heteroatoms. The minimum Gasteiger partial charge on any atom is -0.490 e. The van der Waals surface area contributed by atoms with Gasteiger partial charge in [0.1, 0.15) is 24.4 Å². The van der Waals surface area contributed by atoms with Crippen LogP contribution < -0.4 is 15.4 Å². The molecule has 0 aliphatic rings. The van der Waals surface area contributed by atoms with Crippen molar-refractivity contribution in [1.82, 2.24) is 10.6 Å². The van der Waals surface area contributed by atoms with Gasteiger partial charge in [-0.1, -0.05) is 88.0 Å². The number of benzene rings is 1. The van der Waals surface area contributed by atoms with Crippen LogP contribution in [-0.4, -0.2) is 87.9 Å². The molecule has 256 valence electrons. The molecule has 2 N–H and O–H groups in total. The smallest absolute Gasteiger partial charge is 0.251 e. The molecule has 0 heterocycles. The minimum atomic E-state index is -0.214. The van der Waals surface area contributed by atoms with E-state index in [2.05, 4.69) is 57.1 Å². The quantitative estimate of drug-likeness (QED) is 0.0597. The first-order valence-corrected chi connectivity index (χ1v) is 18.1. The zero-order chi connectivity index (χ0) is 33.3. The van der Waals surface area contributed by atoms with Gasteiger partial charge in [0.15, 0.2) is 0 Å². The Morgan fingerprint density at radius 3 is 2.36 bits per heavy atom. The molecular weight excluding hydrogens is 613 g/mol. The standard InChI is InChI=1S/C34H56N2O7S2/c1-27(2)11-9-18-39-20-17-35-31(37)14-10-19-40-21-22-41-23-24-42-32(44-45-34(5,6)7)26-43-30-13-8-12-29(25-30)33(38)36-16-15-28(3)4/h8,12-13,25,27-28,32H,10,14-24,26H2,1-7H3,(H,35,37)(H,36,38). The molecule has 1 atom stereocenters. The second-order valence-corrected chi connectivity index (χ2v) is 15.3. The minimum absolute atomic E-state index is 0.0137. The Hall–Kier alpha value is -1.94. The lowest BCUT2D eigenvalue weighted by molar-refractivity contribution is -0.121. The van der Waals surface area contributed by atoms with Gasteiger partial charge in [-0.3, -0.25) is 9.59 Å². The highest BCUT2D eigenvalue weighted by molar-refractivity contribution is 8.77. The average Bonchev–Trinajstić information content (AvgIpc) is 2.97. The fourth-order valence-corrected chi connectivity index (χ4v) is 5.58. The number of carbonyl (C=O) groups excluding carboxylic acids is 2. The molecule has 0 radical (unpaired) electrons. The van der Waals surface area contributed by atoms with Crippen LogP contribution in [0.15, 0.2) is 24.3 Å². The van der Waals surface area contributed by atoms with Crippen LogP contribution >= 0.6 is 21.6 Å². The zero-order valence-electron chi connectivity index (χ0n) is 28.4. The van der Waals surface area contributed by atoms with Crippen molar-refractivity contribution in [1.29, 1.82) is 0 Å². The Balaban J connectivity index is 2.23. The molecule has 0 aromatic heterocycles. The maximum atomic E-state index is 12.5. The van der Waals surface area contributed by atoms with E-state index in [1.807, 2.05) is 26.0 Å². The highest BCUT2D eigenvalue weighted by atomic mass is 33.1. The number of ether oxygens (including phenoxy) is 5. The van der Waals surface area contributed by atoms with Gasteiger partial charge >= 0.3 is 0 Å². The Kier molecular flexibility index (Phi) is 23.0. The van der Waals surface area contributed by atoms with E-state index in [0.717, 1.165) is 6.42 Å². The SMILES string of the molecule is CC(C)C#CCOCCNC(=O)CCCOCCOCCOC(COc1cccc(C(=O)NCCC(C)C)c1)SSC(C)(C)C. The third kappa shape index (κ3) is 24.9. The van der Waals surface area contributed by atoms with E-state index in [1.165, 1.54) is 0 Å². The molecule has 1 aromatic rings. The predicted molar refractivity (Wildman–Crippen MR) is 186 cm³/mol. The average molecular weight is 669 g/mol. The lowest BCUT2D eigenvalue weighted by atomic mass is 10.1. The molecule has 0 spiro atoms.